The Bertz CT molecular complexity index is 552. The highest BCUT2D eigenvalue weighted by Gasteiger charge is 2.45. The maximum absolute atomic E-state index is 4.59. The summed E-state index contributed by atoms with van der Waals surface area (Å²) in [6.45, 7) is 6.38. The molecule has 3 rings (SSSR count). The molecule has 2 heterocycles. The molecule has 0 amide bonds. The number of aryl methyl sites for hydroxylation is 3. The minimum Gasteiger partial charge on any atom is -0.273 e. The van der Waals surface area contributed by atoms with Gasteiger partial charge in [0.15, 0.2) is 0 Å². The average molecular weight is 262 g/mol. The summed E-state index contributed by atoms with van der Waals surface area (Å²) in [5.41, 5.74) is 2.48. The van der Waals surface area contributed by atoms with Gasteiger partial charge in [0, 0.05) is 24.6 Å². The van der Waals surface area contributed by atoms with Gasteiger partial charge in [-0.15, -0.1) is 21.5 Å². The first-order valence-electron chi connectivity index (χ1n) is 6.37. The first kappa shape index (κ1) is 11.8. The van der Waals surface area contributed by atoms with E-state index in [1.165, 1.54) is 22.8 Å². The molecule has 0 aromatic carbocycles. The van der Waals surface area contributed by atoms with Gasteiger partial charge < -0.3 is 0 Å². The molecule has 3 atom stereocenters. The van der Waals surface area contributed by atoms with Crippen LogP contribution in [0.25, 0.3) is 0 Å². The highest BCUT2D eigenvalue weighted by Crippen LogP contribution is 2.54. The monoisotopic (exact) mass is 262 g/mol. The third-order valence-corrected chi connectivity index (χ3v) is 4.97. The molecule has 2 aromatic rings. The number of rotatable bonds is 3. The van der Waals surface area contributed by atoms with E-state index >= 15 is 0 Å². The van der Waals surface area contributed by atoms with E-state index in [2.05, 4.69) is 35.2 Å². The molecular weight excluding hydrogens is 244 g/mol. The largest absolute Gasteiger partial charge is 0.273 e. The molecule has 96 valence electrons. The number of hydrogen-bond donors (Lipinski definition) is 0. The van der Waals surface area contributed by atoms with Gasteiger partial charge in [-0.2, -0.15) is 5.10 Å². The summed E-state index contributed by atoms with van der Waals surface area (Å²) in [7, 11) is 2.01. The molecule has 4 nitrogen and oxygen atoms in total. The van der Waals surface area contributed by atoms with Crippen LogP contribution < -0.4 is 0 Å². The minimum atomic E-state index is 0.503. The van der Waals surface area contributed by atoms with Gasteiger partial charge in [0.05, 0.1) is 5.69 Å². The van der Waals surface area contributed by atoms with Crippen LogP contribution in [0, 0.1) is 19.8 Å². The molecule has 2 aromatic heterocycles. The van der Waals surface area contributed by atoms with Crippen molar-refractivity contribution in [3.8, 4) is 0 Å². The molecule has 1 aliphatic carbocycles. The zero-order chi connectivity index (χ0) is 12.9. The van der Waals surface area contributed by atoms with Crippen LogP contribution in [0.4, 0.5) is 0 Å². The van der Waals surface area contributed by atoms with E-state index in [1.54, 1.807) is 11.3 Å². The Morgan fingerprint density at radius 3 is 2.72 bits per heavy atom. The Balaban J connectivity index is 1.74. The topological polar surface area (TPSA) is 43.6 Å². The smallest absolute Gasteiger partial charge is 0.120 e. The molecule has 0 N–H and O–H groups in total. The second-order valence-corrected chi connectivity index (χ2v) is 6.50. The minimum absolute atomic E-state index is 0.503. The third-order valence-electron chi connectivity index (χ3n) is 3.93. The SMILES string of the molecule is Cc1nnc(C(C)C2CC2c2cc(C)n(C)n2)s1. The van der Waals surface area contributed by atoms with Gasteiger partial charge in [-0.1, -0.05) is 6.92 Å². The lowest BCUT2D eigenvalue weighted by molar-refractivity contribution is 0.622. The molecule has 5 heteroatoms. The fourth-order valence-corrected chi connectivity index (χ4v) is 3.38. The van der Waals surface area contributed by atoms with E-state index in [-0.39, 0.29) is 0 Å². The van der Waals surface area contributed by atoms with E-state index in [4.69, 9.17) is 0 Å². The first-order chi connectivity index (χ1) is 8.56. The maximum atomic E-state index is 4.59. The van der Waals surface area contributed by atoms with Crippen LogP contribution in [0.5, 0.6) is 0 Å². The van der Waals surface area contributed by atoms with Crippen molar-refractivity contribution in [1.29, 1.82) is 0 Å². The van der Waals surface area contributed by atoms with Gasteiger partial charge in [-0.3, -0.25) is 4.68 Å². The van der Waals surface area contributed by atoms with Crippen LogP contribution in [0.3, 0.4) is 0 Å². The van der Waals surface area contributed by atoms with Gasteiger partial charge in [0.25, 0.3) is 0 Å². The summed E-state index contributed by atoms with van der Waals surface area (Å²) in [4.78, 5) is 0. The van der Waals surface area contributed by atoms with Crippen molar-refractivity contribution >= 4 is 11.3 Å². The van der Waals surface area contributed by atoms with Crippen molar-refractivity contribution in [2.45, 2.75) is 39.0 Å². The molecule has 1 saturated carbocycles. The van der Waals surface area contributed by atoms with Crippen LogP contribution in [-0.2, 0) is 7.05 Å². The number of aromatic nitrogens is 4. The van der Waals surface area contributed by atoms with Crippen LogP contribution in [-0.4, -0.2) is 20.0 Å². The molecule has 0 spiro atoms. The maximum Gasteiger partial charge on any atom is 0.120 e. The van der Waals surface area contributed by atoms with E-state index < -0.39 is 0 Å². The van der Waals surface area contributed by atoms with E-state index in [0.29, 0.717) is 17.8 Å². The van der Waals surface area contributed by atoms with Gasteiger partial charge in [0.1, 0.15) is 10.0 Å². The Kier molecular flexibility index (Phi) is 2.73. The van der Waals surface area contributed by atoms with Crippen molar-refractivity contribution in [1.82, 2.24) is 20.0 Å². The second kappa shape index (κ2) is 4.16. The lowest BCUT2D eigenvalue weighted by atomic mass is 10.0. The zero-order valence-corrected chi connectivity index (χ0v) is 12.0. The fraction of sp³-hybridized carbons (Fsp3) is 0.615. The third kappa shape index (κ3) is 1.96. The fourth-order valence-electron chi connectivity index (χ4n) is 2.56. The molecule has 0 radical (unpaired) electrons. The zero-order valence-electron chi connectivity index (χ0n) is 11.2. The summed E-state index contributed by atoms with van der Waals surface area (Å²) < 4.78 is 1.96. The highest BCUT2D eigenvalue weighted by atomic mass is 32.1. The second-order valence-electron chi connectivity index (χ2n) is 5.29. The lowest BCUT2D eigenvalue weighted by Gasteiger charge is -2.05. The van der Waals surface area contributed by atoms with Crippen LogP contribution in [0.2, 0.25) is 0 Å². The van der Waals surface area contributed by atoms with E-state index in [9.17, 15) is 0 Å². The molecule has 1 fully saturated rings. The first-order valence-corrected chi connectivity index (χ1v) is 7.18. The van der Waals surface area contributed by atoms with Crippen molar-refractivity contribution in [3.63, 3.8) is 0 Å². The predicted molar refractivity (Wildman–Crippen MR) is 71.9 cm³/mol. The summed E-state index contributed by atoms with van der Waals surface area (Å²) >= 11 is 1.72. The summed E-state index contributed by atoms with van der Waals surface area (Å²) in [5, 5.41) is 15.2. The van der Waals surface area contributed by atoms with E-state index in [1.807, 2.05) is 18.7 Å². The number of nitrogens with zero attached hydrogens (tertiary/aromatic N) is 4. The Morgan fingerprint density at radius 1 is 1.39 bits per heavy atom. The molecule has 18 heavy (non-hydrogen) atoms. The van der Waals surface area contributed by atoms with Crippen molar-refractivity contribution in [2.24, 2.45) is 13.0 Å². The molecule has 0 aliphatic heterocycles. The van der Waals surface area contributed by atoms with Crippen LogP contribution >= 0.6 is 11.3 Å². The van der Waals surface area contributed by atoms with Gasteiger partial charge >= 0.3 is 0 Å². The standard InChI is InChI=1S/C13H18N4S/c1-7-5-12(16-17(7)4)11-6-10(11)8(2)13-15-14-9(3)18-13/h5,8,10-11H,6H2,1-4H3. The van der Waals surface area contributed by atoms with Crippen molar-refractivity contribution < 1.29 is 0 Å². The molecule has 0 bridgehead atoms. The summed E-state index contributed by atoms with van der Waals surface area (Å²) in [6, 6.07) is 2.21. The van der Waals surface area contributed by atoms with E-state index in [0.717, 1.165) is 5.01 Å². The van der Waals surface area contributed by atoms with Crippen LogP contribution in [0.15, 0.2) is 6.07 Å². The van der Waals surface area contributed by atoms with Crippen molar-refractivity contribution in [2.75, 3.05) is 0 Å². The number of hydrogen-bond acceptors (Lipinski definition) is 4. The highest BCUT2D eigenvalue weighted by molar-refractivity contribution is 7.11. The molecule has 0 saturated heterocycles. The predicted octanol–water partition coefficient (Wildman–Crippen LogP) is 2.80. The molecule has 3 unspecified atom stereocenters. The normalized spacial score (nSPS) is 24.2. The van der Waals surface area contributed by atoms with Gasteiger partial charge in [-0.25, -0.2) is 0 Å². The van der Waals surface area contributed by atoms with Gasteiger partial charge in [-0.05, 0) is 32.3 Å². The summed E-state index contributed by atoms with van der Waals surface area (Å²) in [6.07, 6.45) is 1.23. The van der Waals surface area contributed by atoms with Gasteiger partial charge in [0.2, 0.25) is 0 Å². The Labute approximate surface area is 111 Å². The Morgan fingerprint density at radius 2 is 2.17 bits per heavy atom. The summed E-state index contributed by atoms with van der Waals surface area (Å²) in [5.74, 6) is 1.80. The molecular formula is C13H18N4S. The molecule has 1 aliphatic rings. The van der Waals surface area contributed by atoms with Crippen molar-refractivity contribution in [3.05, 3.63) is 27.5 Å². The average Bonchev–Trinajstić information content (AvgIpc) is 2.91. The van der Waals surface area contributed by atoms with Crippen LogP contribution in [0.1, 0.15) is 46.6 Å². The quantitative estimate of drug-likeness (QED) is 0.854. The Hall–Kier alpha value is -1.23. The lowest BCUT2D eigenvalue weighted by Crippen LogP contribution is -1.98.